The molecule has 0 radical (unpaired) electrons. The lowest BCUT2D eigenvalue weighted by Gasteiger charge is -2.08. The lowest BCUT2D eigenvalue weighted by Crippen LogP contribution is -2.32. The number of carbonyl (C=O) groups is 1. The number of fused-ring (bicyclic) bond motifs is 1. The summed E-state index contributed by atoms with van der Waals surface area (Å²) in [6.07, 6.45) is 4.01. The van der Waals surface area contributed by atoms with Crippen LogP contribution < -0.4 is 10.6 Å². The van der Waals surface area contributed by atoms with E-state index in [0.29, 0.717) is 23.7 Å². The van der Waals surface area contributed by atoms with E-state index in [1.165, 1.54) is 0 Å². The standard InChI is InChI=1S/C17H24N4O2.ClH/c1-3-5-13-15-12(16(22)19-9-8-18-4-2)10-14(11-6-7-11)20-17(15)23-21-13;/h10-11,18H,3-9H2,1-2H3,(H,19,22);1H. The molecule has 0 bridgehead atoms. The molecule has 7 heteroatoms. The monoisotopic (exact) mass is 352 g/mol. The molecule has 0 aliphatic heterocycles. The summed E-state index contributed by atoms with van der Waals surface area (Å²) in [5.74, 6) is 0.394. The van der Waals surface area contributed by atoms with Crippen molar-refractivity contribution in [1.82, 2.24) is 20.8 Å². The maximum atomic E-state index is 12.6. The van der Waals surface area contributed by atoms with Crippen LogP contribution >= 0.6 is 12.4 Å². The first-order valence-corrected chi connectivity index (χ1v) is 8.52. The molecule has 6 nitrogen and oxygen atoms in total. The Morgan fingerprint density at radius 3 is 2.79 bits per heavy atom. The molecule has 0 atom stereocenters. The third kappa shape index (κ3) is 4.05. The Balaban J connectivity index is 0.00000208. The number of halogens is 1. The third-order valence-electron chi connectivity index (χ3n) is 4.10. The number of hydrogen-bond donors (Lipinski definition) is 2. The van der Waals surface area contributed by atoms with Crippen LogP contribution in [-0.4, -0.2) is 35.7 Å². The van der Waals surface area contributed by atoms with E-state index in [-0.39, 0.29) is 18.3 Å². The first-order chi connectivity index (χ1) is 11.2. The van der Waals surface area contributed by atoms with E-state index in [1.807, 2.05) is 13.0 Å². The average Bonchev–Trinajstić information content (AvgIpc) is 3.33. The van der Waals surface area contributed by atoms with Gasteiger partial charge in [0, 0.05) is 24.7 Å². The summed E-state index contributed by atoms with van der Waals surface area (Å²) >= 11 is 0. The highest BCUT2D eigenvalue weighted by Crippen LogP contribution is 2.40. The van der Waals surface area contributed by atoms with Crippen molar-refractivity contribution in [3.8, 4) is 0 Å². The van der Waals surface area contributed by atoms with Crippen LogP contribution in [0.3, 0.4) is 0 Å². The highest BCUT2D eigenvalue weighted by Gasteiger charge is 2.28. The fourth-order valence-corrected chi connectivity index (χ4v) is 2.74. The van der Waals surface area contributed by atoms with Crippen LogP contribution in [0.4, 0.5) is 0 Å². The second-order valence-electron chi connectivity index (χ2n) is 6.04. The molecule has 2 N–H and O–H groups in total. The second-order valence-corrected chi connectivity index (χ2v) is 6.04. The molecule has 0 aromatic carbocycles. The number of aromatic nitrogens is 2. The van der Waals surface area contributed by atoms with Crippen LogP contribution in [0.25, 0.3) is 11.1 Å². The Morgan fingerprint density at radius 1 is 1.33 bits per heavy atom. The van der Waals surface area contributed by atoms with Gasteiger partial charge in [0.15, 0.2) is 0 Å². The second kappa shape index (κ2) is 8.44. The molecule has 2 heterocycles. The summed E-state index contributed by atoms with van der Waals surface area (Å²) in [7, 11) is 0. The molecule has 0 unspecified atom stereocenters. The molecule has 0 spiro atoms. The zero-order valence-corrected chi connectivity index (χ0v) is 15.0. The van der Waals surface area contributed by atoms with Crippen LogP contribution in [0.5, 0.6) is 0 Å². The van der Waals surface area contributed by atoms with Gasteiger partial charge in [-0.15, -0.1) is 12.4 Å². The van der Waals surface area contributed by atoms with Gasteiger partial charge in [-0.1, -0.05) is 25.4 Å². The minimum Gasteiger partial charge on any atom is -0.351 e. The molecule has 132 valence electrons. The van der Waals surface area contributed by atoms with Gasteiger partial charge in [0.25, 0.3) is 11.6 Å². The van der Waals surface area contributed by atoms with Gasteiger partial charge in [-0.25, -0.2) is 4.98 Å². The smallest absolute Gasteiger partial charge is 0.259 e. The van der Waals surface area contributed by atoms with Crippen molar-refractivity contribution in [3.63, 3.8) is 0 Å². The van der Waals surface area contributed by atoms with E-state index in [0.717, 1.165) is 55.5 Å². The summed E-state index contributed by atoms with van der Waals surface area (Å²) in [5, 5.41) is 11.1. The number of nitrogens with zero attached hydrogens (tertiary/aromatic N) is 2. The van der Waals surface area contributed by atoms with E-state index in [9.17, 15) is 4.79 Å². The molecule has 2 aromatic heterocycles. The van der Waals surface area contributed by atoms with E-state index in [2.05, 4.69) is 27.7 Å². The normalized spacial score (nSPS) is 13.8. The van der Waals surface area contributed by atoms with E-state index in [1.54, 1.807) is 0 Å². The Hall–Kier alpha value is -1.66. The van der Waals surface area contributed by atoms with Crippen molar-refractivity contribution in [3.05, 3.63) is 23.0 Å². The van der Waals surface area contributed by atoms with Crippen molar-refractivity contribution >= 4 is 29.4 Å². The number of likely N-dealkylation sites (N-methyl/N-ethyl adjacent to an activating group) is 1. The Labute approximate surface area is 148 Å². The van der Waals surface area contributed by atoms with Crippen LogP contribution in [0.2, 0.25) is 0 Å². The highest BCUT2D eigenvalue weighted by molar-refractivity contribution is 6.06. The largest absolute Gasteiger partial charge is 0.351 e. The van der Waals surface area contributed by atoms with E-state index in [4.69, 9.17) is 4.52 Å². The quantitative estimate of drug-likeness (QED) is 0.714. The number of pyridine rings is 1. The fraction of sp³-hybridized carbons (Fsp3) is 0.588. The highest BCUT2D eigenvalue weighted by atomic mass is 35.5. The van der Waals surface area contributed by atoms with E-state index >= 15 is 0 Å². The van der Waals surface area contributed by atoms with Gasteiger partial charge < -0.3 is 15.2 Å². The van der Waals surface area contributed by atoms with Gasteiger partial charge in [0.2, 0.25) is 0 Å². The molecule has 0 saturated heterocycles. The van der Waals surface area contributed by atoms with Crippen molar-refractivity contribution in [2.24, 2.45) is 0 Å². The molecule has 1 amide bonds. The Morgan fingerprint density at radius 2 is 2.12 bits per heavy atom. The molecule has 1 aliphatic rings. The topological polar surface area (TPSA) is 80.0 Å². The van der Waals surface area contributed by atoms with Gasteiger partial charge in [-0.05, 0) is 31.9 Å². The van der Waals surface area contributed by atoms with Crippen molar-refractivity contribution in [2.45, 2.75) is 45.4 Å². The lowest BCUT2D eigenvalue weighted by molar-refractivity contribution is 0.0955. The first-order valence-electron chi connectivity index (χ1n) is 8.52. The molecular formula is C17H25ClN4O2. The molecule has 1 saturated carbocycles. The average molecular weight is 353 g/mol. The van der Waals surface area contributed by atoms with Gasteiger partial charge in [0.05, 0.1) is 16.6 Å². The van der Waals surface area contributed by atoms with Crippen molar-refractivity contribution in [2.75, 3.05) is 19.6 Å². The van der Waals surface area contributed by atoms with Gasteiger partial charge in [-0.2, -0.15) is 0 Å². The molecule has 1 fully saturated rings. The fourth-order valence-electron chi connectivity index (χ4n) is 2.74. The number of nitrogens with one attached hydrogen (secondary N) is 2. The first kappa shape index (κ1) is 18.7. The number of aryl methyl sites for hydroxylation is 1. The predicted octanol–water partition coefficient (Wildman–Crippen LogP) is 2.81. The Kier molecular flexibility index (Phi) is 6.57. The maximum absolute atomic E-state index is 12.6. The summed E-state index contributed by atoms with van der Waals surface area (Å²) in [6.45, 7) is 6.39. The molecule has 1 aliphatic carbocycles. The maximum Gasteiger partial charge on any atom is 0.259 e. The van der Waals surface area contributed by atoms with Crippen LogP contribution in [0.1, 0.15) is 60.8 Å². The SMILES string of the molecule is CCCc1noc2nc(C3CC3)cc(C(=O)NCCNCC)c12.Cl. The zero-order chi connectivity index (χ0) is 16.2. The number of rotatable bonds is 8. The van der Waals surface area contributed by atoms with Crippen molar-refractivity contribution in [1.29, 1.82) is 0 Å². The minimum absolute atomic E-state index is 0. The zero-order valence-electron chi connectivity index (χ0n) is 14.2. The molecule has 24 heavy (non-hydrogen) atoms. The van der Waals surface area contributed by atoms with Crippen molar-refractivity contribution < 1.29 is 9.32 Å². The lowest BCUT2D eigenvalue weighted by atomic mass is 10.1. The van der Waals surface area contributed by atoms with Gasteiger partial charge >= 0.3 is 0 Å². The molecular weight excluding hydrogens is 328 g/mol. The number of carbonyl (C=O) groups excluding carboxylic acids is 1. The summed E-state index contributed by atoms with van der Waals surface area (Å²) < 4.78 is 5.40. The molecule has 2 aromatic rings. The van der Waals surface area contributed by atoms with Gasteiger partial charge in [-0.3, -0.25) is 4.79 Å². The van der Waals surface area contributed by atoms with Crippen LogP contribution in [0.15, 0.2) is 10.6 Å². The van der Waals surface area contributed by atoms with Gasteiger partial charge in [0.1, 0.15) is 0 Å². The third-order valence-corrected chi connectivity index (χ3v) is 4.10. The summed E-state index contributed by atoms with van der Waals surface area (Å²) in [4.78, 5) is 17.2. The van der Waals surface area contributed by atoms with E-state index < -0.39 is 0 Å². The van der Waals surface area contributed by atoms with Crippen LogP contribution in [-0.2, 0) is 6.42 Å². The Bertz CT molecular complexity index is 697. The van der Waals surface area contributed by atoms with Crippen LogP contribution in [0, 0.1) is 0 Å². The number of amides is 1. The predicted molar refractivity (Wildman–Crippen MR) is 95.9 cm³/mol. The molecule has 3 rings (SSSR count). The minimum atomic E-state index is -0.0715. The summed E-state index contributed by atoms with van der Waals surface area (Å²) in [5.41, 5.74) is 2.93. The summed E-state index contributed by atoms with van der Waals surface area (Å²) in [6, 6.07) is 1.93. The number of hydrogen-bond acceptors (Lipinski definition) is 5.